The highest BCUT2D eigenvalue weighted by atomic mass is 19.1. The third-order valence-electron chi connectivity index (χ3n) is 1.74. The van der Waals surface area contributed by atoms with Crippen LogP contribution in [0, 0.1) is 0 Å². The summed E-state index contributed by atoms with van der Waals surface area (Å²) in [5, 5.41) is 9.57. The third kappa shape index (κ3) is 2.59. The summed E-state index contributed by atoms with van der Waals surface area (Å²) in [6, 6.07) is 4.35. The summed E-state index contributed by atoms with van der Waals surface area (Å²) in [5.41, 5.74) is -0.00569. The Morgan fingerprint density at radius 3 is 2.87 bits per heavy atom. The molecule has 0 radical (unpaired) electrons. The van der Waals surface area contributed by atoms with Crippen molar-refractivity contribution in [3.8, 4) is 11.5 Å². The highest BCUT2D eigenvalue weighted by molar-refractivity contribution is 5.93. The predicted octanol–water partition coefficient (Wildman–Crippen LogP) is 1.53. The van der Waals surface area contributed by atoms with Gasteiger partial charge in [0.1, 0.15) is 18.8 Å². The van der Waals surface area contributed by atoms with E-state index >= 15 is 0 Å². The van der Waals surface area contributed by atoms with Crippen LogP contribution in [0.5, 0.6) is 11.5 Å². The van der Waals surface area contributed by atoms with Gasteiger partial charge in [0.15, 0.2) is 11.5 Å². The molecule has 0 aliphatic carbocycles. The molecule has 1 rings (SSSR count). The first kappa shape index (κ1) is 11.3. The van der Waals surface area contributed by atoms with E-state index < -0.39 is 12.6 Å². The molecule has 1 aromatic carbocycles. The molecule has 0 saturated carbocycles. The van der Waals surface area contributed by atoms with Crippen LogP contribution in [-0.4, -0.2) is 31.5 Å². The highest BCUT2D eigenvalue weighted by Gasteiger charge is 2.14. The van der Waals surface area contributed by atoms with Crippen molar-refractivity contribution in [2.75, 3.05) is 20.4 Å². The van der Waals surface area contributed by atoms with Gasteiger partial charge in [-0.1, -0.05) is 6.07 Å². The van der Waals surface area contributed by atoms with Gasteiger partial charge in [-0.15, -0.1) is 0 Å². The zero-order valence-electron chi connectivity index (χ0n) is 8.20. The Balaban J connectivity index is 2.95. The van der Waals surface area contributed by atoms with Gasteiger partial charge in [-0.2, -0.15) is 0 Å². The van der Waals surface area contributed by atoms with E-state index in [0.717, 1.165) is 0 Å². The van der Waals surface area contributed by atoms with E-state index in [4.69, 9.17) is 4.74 Å². The molecule has 1 N–H and O–H groups in total. The van der Waals surface area contributed by atoms with E-state index in [1.165, 1.54) is 25.3 Å². The topological polar surface area (TPSA) is 55.8 Å². The number of methoxy groups -OCH3 is 1. The first-order valence-corrected chi connectivity index (χ1v) is 4.29. The summed E-state index contributed by atoms with van der Waals surface area (Å²) in [7, 11) is 1.21. The fourth-order valence-corrected chi connectivity index (χ4v) is 1.06. The van der Waals surface area contributed by atoms with Crippen LogP contribution in [0.1, 0.15) is 10.4 Å². The molecule has 82 valence electrons. The molecule has 1 aromatic rings. The Bertz CT molecular complexity index is 351. The predicted molar refractivity (Wildman–Crippen MR) is 50.9 cm³/mol. The lowest BCUT2D eigenvalue weighted by Gasteiger charge is -2.08. The average molecular weight is 214 g/mol. The number of hydrogen-bond donors (Lipinski definition) is 1. The average Bonchev–Trinajstić information content (AvgIpc) is 2.27. The number of rotatable bonds is 4. The van der Waals surface area contributed by atoms with E-state index in [-0.39, 0.29) is 23.7 Å². The number of halogens is 1. The number of aromatic hydroxyl groups is 1. The largest absolute Gasteiger partial charge is 0.504 e. The second-order valence-electron chi connectivity index (χ2n) is 2.68. The number of carbonyl (C=O) groups is 1. The van der Waals surface area contributed by atoms with Gasteiger partial charge >= 0.3 is 5.97 Å². The summed E-state index contributed by atoms with van der Waals surface area (Å²) in [4.78, 5) is 11.1. The Labute approximate surface area is 86.2 Å². The number of benzene rings is 1. The van der Waals surface area contributed by atoms with Gasteiger partial charge in [0.25, 0.3) is 0 Å². The fraction of sp³-hybridized carbons (Fsp3) is 0.300. The maximum Gasteiger partial charge on any atom is 0.341 e. The van der Waals surface area contributed by atoms with Crippen LogP contribution in [-0.2, 0) is 4.74 Å². The minimum absolute atomic E-state index is 0.00569. The van der Waals surface area contributed by atoms with Crippen molar-refractivity contribution in [2.45, 2.75) is 0 Å². The number of esters is 1. The molecule has 0 aliphatic rings. The molecule has 0 saturated heterocycles. The number of alkyl halides is 1. The minimum atomic E-state index is -0.668. The minimum Gasteiger partial charge on any atom is -0.504 e. The van der Waals surface area contributed by atoms with E-state index in [1.807, 2.05) is 0 Å². The van der Waals surface area contributed by atoms with E-state index in [0.29, 0.717) is 0 Å². The monoisotopic (exact) mass is 214 g/mol. The van der Waals surface area contributed by atoms with Crippen LogP contribution in [0.15, 0.2) is 18.2 Å². The second kappa shape index (κ2) is 5.19. The first-order valence-electron chi connectivity index (χ1n) is 4.29. The number of carbonyl (C=O) groups excluding carboxylic acids is 1. The molecule has 0 amide bonds. The van der Waals surface area contributed by atoms with E-state index in [1.54, 1.807) is 0 Å². The molecule has 0 atom stereocenters. The second-order valence-corrected chi connectivity index (χ2v) is 2.68. The first-order chi connectivity index (χ1) is 7.20. The summed E-state index contributed by atoms with van der Waals surface area (Å²) in [6.07, 6.45) is 0. The molecule has 0 heterocycles. The smallest absolute Gasteiger partial charge is 0.341 e. The van der Waals surface area contributed by atoms with Gasteiger partial charge in [0.2, 0.25) is 0 Å². The van der Waals surface area contributed by atoms with Gasteiger partial charge in [-0.3, -0.25) is 0 Å². The standard InChI is InChI=1S/C10H11FO4/c1-14-10(13)7-3-2-4-8(9(7)12)15-6-5-11/h2-4,12H,5-6H2,1H3. The van der Waals surface area contributed by atoms with Gasteiger partial charge in [-0.05, 0) is 12.1 Å². The lowest BCUT2D eigenvalue weighted by Crippen LogP contribution is -2.04. The lowest BCUT2D eigenvalue weighted by molar-refractivity contribution is 0.0596. The van der Waals surface area contributed by atoms with Crippen molar-refractivity contribution in [1.82, 2.24) is 0 Å². The van der Waals surface area contributed by atoms with Gasteiger partial charge in [0, 0.05) is 0 Å². The van der Waals surface area contributed by atoms with Crippen LogP contribution < -0.4 is 4.74 Å². The zero-order valence-corrected chi connectivity index (χ0v) is 8.20. The van der Waals surface area contributed by atoms with E-state index in [9.17, 15) is 14.3 Å². The SMILES string of the molecule is COC(=O)c1cccc(OCCF)c1O. The number of phenolic OH excluding ortho intramolecular Hbond substituents is 1. The molecule has 0 aliphatic heterocycles. The summed E-state index contributed by atoms with van der Waals surface area (Å²) in [6.45, 7) is -0.833. The molecule has 0 aromatic heterocycles. The van der Waals surface area contributed by atoms with Crippen molar-refractivity contribution in [2.24, 2.45) is 0 Å². The number of para-hydroxylation sites is 1. The number of phenols is 1. The zero-order chi connectivity index (χ0) is 11.3. The fourth-order valence-electron chi connectivity index (χ4n) is 1.06. The van der Waals surface area contributed by atoms with Crippen LogP contribution in [0.2, 0.25) is 0 Å². The van der Waals surface area contributed by atoms with Crippen LogP contribution in [0.3, 0.4) is 0 Å². The van der Waals surface area contributed by atoms with Crippen molar-refractivity contribution in [3.05, 3.63) is 23.8 Å². The van der Waals surface area contributed by atoms with Gasteiger partial charge in [0.05, 0.1) is 7.11 Å². The normalized spacial score (nSPS) is 9.73. The van der Waals surface area contributed by atoms with Crippen molar-refractivity contribution in [1.29, 1.82) is 0 Å². The molecule has 0 bridgehead atoms. The summed E-state index contributed by atoms with van der Waals surface area (Å²) >= 11 is 0. The summed E-state index contributed by atoms with van der Waals surface area (Å²) in [5.74, 6) is -0.938. The molecule has 5 heteroatoms. The molecular formula is C10H11FO4. The molecular weight excluding hydrogens is 203 g/mol. The number of ether oxygens (including phenoxy) is 2. The molecule has 15 heavy (non-hydrogen) atoms. The van der Waals surface area contributed by atoms with Crippen molar-refractivity contribution >= 4 is 5.97 Å². The maximum absolute atomic E-state index is 11.8. The van der Waals surface area contributed by atoms with Crippen LogP contribution >= 0.6 is 0 Å². The Hall–Kier alpha value is -1.78. The molecule has 0 fully saturated rings. The lowest BCUT2D eigenvalue weighted by atomic mass is 10.2. The van der Waals surface area contributed by atoms with E-state index in [2.05, 4.69) is 4.74 Å². The van der Waals surface area contributed by atoms with Crippen LogP contribution in [0.25, 0.3) is 0 Å². The Morgan fingerprint density at radius 2 is 2.27 bits per heavy atom. The Kier molecular flexibility index (Phi) is 3.91. The Morgan fingerprint density at radius 1 is 1.53 bits per heavy atom. The molecule has 4 nitrogen and oxygen atoms in total. The van der Waals surface area contributed by atoms with Crippen LogP contribution in [0.4, 0.5) is 4.39 Å². The molecule has 0 unspecified atom stereocenters. The number of hydrogen-bond acceptors (Lipinski definition) is 4. The van der Waals surface area contributed by atoms with Crippen molar-refractivity contribution < 1.29 is 23.8 Å². The quantitative estimate of drug-likeness (QED) is 0.772. The summed E-state index contributed by atoms with van der Waals surface area (Å²) < 4.78 is 21.2. The van der Waals surface area contributed by atoms with Gasteiger partial charge < -0.3 is 14.6 Å². The highest BCUT2D eigenvalue weighted by Crippen LogP contribution is 2.29. The molecule has 0 spiro atoms. The third-order valence-corrected chi connectivity index (χ3v) is 1.74. The van der Waals surface area contributed by atoms with Crippen molar-refractivity contribution in [3.63, 3.8) is 0 Å². The van der Waals surface area contributed by atoms with Gasteiger partial charge in [-0.25, -0.2) is 9.18 Å². The maximum atomic E-state index is 11.8.